The standard InChI is InChI=1S/C21H23N5O3/c27-20-5-1-2-10-26(20)14-21(28)25-11-3-4-16(13-25)15-29-17-6-7-18(22-12-17)19-8-9-23-24-19/h1-2,5-10,12,16H,3-4,11,13-15H2,(H,23,24)/t16-/m1/s1. The topological polar surface area (TPSA) is 93.1 Å². The van der Waals surface area contributed by atoms with Crippen LogP contribution in [0, 0.1) is 5.92 Å². The Hall–Kier alpha value is -3.42. The summed E-state index contributed by atoms with van der Waals surface area (Å²) in [5.41, 5.74) is 1.50. The lowest BCUT2D eigenvalue weighted by molar-refractivity contribution is -0.133. The van der Waals surface area contributed by atoms with Gasteiger partial charge in [0.15, 0.2) is 0 Å². The first-order valence-corrected chi connectivity index (χ1v) is 9.71. The van der Waals surface area contributed by atoms with Crippen molar-refractivity contribution in [2.75, 3.05) is 19.7 Å². The minimum Gasteiger partial charge on any atom is -0.492 e. The molecule has 3 aromatic rings. The molecule has 1 atom stereocenters. The Bertz CT molecular complexity index is 998. The van der Waals surface area contributed by atoms with Gasteiger partial charge in [0.05, 0.1) is 24.2 Å². The Morgan fingerprint density at radius 2 is 2.17 bits per heavy atom. The van der Waals surface area contributed by atoms with E-state index in [0.29, 0.717) is 18.9 Å². The lowest BCUT2D eigenvalue weighted by atomic mass is 9.99. The van der Waals surface area contributed by atoms with E-state index in [4.69, 9.17) is 4.74 Å². The Morgan fingerprint density at radius 1 is 1.24 bits per heavy atom. The molecule has 1 aliphatic rings. The van der Waals surface area contributed by atoms with E-state index in [0.717, 1.165) is 30.8 Å². The molecule has 0 spiro atoms. The van der Waals surface area contributed by atoms with Crippen molar-refractivity contribution in [3.8, 4) is 17.1 Å². The third-order valence-electron chi connectivity index (χ3n) is 5.08. The molecule has 150 valence electrons. The van der Waals surface area contributed by atoms with Crippen molar-refractivity contribution in [1.29, 1.82) is 0 Å². The number of H-pyrrole nitrogens is 1. The minimum atomic E-state index is -0.163. The Morgan fingerprint density at radius 3 is 2.93 bits per heavy atom. The van der Waals surface area contributed by atoms with Gasteiger partial charge in [-0.3, -0.25) is 19.7 Å². The monoisotopic (exact) mass is 393 g/mol. The first kappa shape index (κ1) is 18.9. The molecule has 0 unspecified atom stereocenters. The maximum atomic E-state index is 12.6. The van der Waals surface area contributed by atoms with Crippen molar-refractivity contribution < 1.29 is 9.53 Å². The van der Waals surface area contributed by atoms with E-state index < -0.39 is 0 Å². The lowest BCUT2D eigenvalue weighted by Gasteiger charge is -2.32. The molecule has 8 heteroatoms. The second kappa shape index (κ2) is 8.72. The summed E-state index contributed by atoms with van der Waals surface area (Å²) in [6.07, 6.45) is 6.97. The predicted molar refractivity (Wildman–Crippen MR) is 107 cm³/mol. The van der Waals surface area contributed by atoms with Crippen LogP contribution in [0.3, 0.4) is 0 Å². The number of carbonyl (C=O) groups excluding carboxylic acids is 1. The molecule has 29 heavy (non-hydrogen) atoms. The zero-order valence-corrected chi connectivity index (χ0v) is 16.0. The molecule has 1 saturated heterocycles. The van der Waals surface area contributed by atoms with Crippen LogP contribution in [0.2, 0.25) is 0 Å². The SMILES string of the molecule is O=C(Cn1ccccc1=O)N1CCC[C@@H](COc2ccc(-c3ccn[nH]3)nc2)C1. The van der Waals surface area contributed by atoms with Gasteiger partial charge >= 0.3 is 0 Å². The number of pyridine rings is 2. The van der Waals surface area contributed by atoms with Gasteiger partial charge in [-0.2, -0.15) is 5.10 Å². The quantitative estimate of drug-likeness (QED) is 0.691. The normalized spacial score (nSPS) is 16.6. The molecule has 0 bridgehead atoms. The van der Waals surface area contributed by atoms with Crippen LogP contribution in [0.4, 0.5) is 0 Å². The Balaban J connectivity index is 1.30. The summed E-state index contributed by atoms with van der Waals surface area (Å²) in [5.74, 6) is 0.925. The molecule has 0 aliphatic carbocycles. The van der Waals surface area contributed by atoms with Crippen molar-refractivity contribution >= 4 is 5.91 Å². The van der Waals surface area contributed by atoms with Gasteiger partial charge in [0.1, 0.15) is 12.3 Å². The maximum Gasteiger partial charge on any atom is 0.250 e. The van der Waals surface area contributed by atoms with E-state index in [9.17, 15) is 9.59 Å². The summed E-state index contributed by atoms with van der Waals surface area (Å²) in [5, 5.41) is 6.80. The molecule has 0 aromatic carbocycles. The average molecular weight is 393 g/mol. The minimum absolute atomic E-state index is 0.0337. The van der Waals surface area contributed by atoms with Crippen molar-refractivity contribution in [2.45, 2.75) is 19.4 Å². The highest BCUT2D eigenvalue weighted by Crippen LogP contribution is 2.20. The van der Waals surface area contributed by atoms with Crippen molar-refractivity contribution in [2.24, 2.45) is 5.92 Å². The number of rotatable bonds is 6. The smallest absolute Gasteiger partial charge is 0.250 e. The molecule has 1 amide bonds. The molecular weight excluding hydrogens is 370 g/mol. The second-order valence-corrected chi connectivity index (χ2v) is 7.18. The number of aromatic nitrogens is 4. The van der Waals surface area contributed by atoms with Gasteiger partial charge in [-0.05, 0) is 37.1 Å². The summed E-state index contributed by atoms with van der Waals surface area (Å²) >= 11 is 0. The molecule has 1 aliphatic heterocycles. The zero-order valence-electron chi connectivity index (χ0n) is 16.0. The third kappa shape index (κ3) is 4.71. The van der Waals surface area contributed by atoms with Gasteiger partial charge in [-0.25, -0.2) is 0 Å². The number of hydrogen-bond donors (Lipinski definition) is 1. The van der Waals surface area contributed by atoms with Gasteiger partial charge < -0.3 is 14.2 Å². The molecule has 4 rings (SSSR count). The van der Waals surface area contributed by atoms with Gasteiger partial charge in [-0.1, -0.05) is 6.07 Å². The number of piperidine rings is 1. The van der Waals surface area contributed by atoms with Crippen LogP contribution < -0.4 is 10.3 Å². The fourth-order valence-electron chi connectivity index (χ4n) is 3.50. The van der Waals surface area contributed by atoms with E-state index in [1.165, 1.54) is 10.6 Å². The largest absolute Gasteiger partial charge is 0.492 e. The van der Waals surface area contributed by atoms with Crippen LogP contribution in [0.1, 0.15) is 12.8 Å². The van der Waals surface area contributed by atoms with Gasteiger partial charge in [0.25, 0.3) is 5.56 Å². The zero-order chi connectivity index (χ0) is 20.1. The van der Waals surface area contributed by atoms with E-state index in [1.807, 2.05) is 23.1 Å². The Kier molecular flexibility index (Phi) is 5.69. The van der Waals surface area contributed by atoms with Crippen LogP contribution in [0.5, 0.6) is 5.75 Å². The maximum absolute atomic E-state index is 12.6. The van der Waals surface area contributed by atoms with Crippen molar-refractivity contribution in [1.82, 2.24) is 24.6 Å². The predicted octanol–water partition coefficient (Wildman–Crippen LogP) is 1.95. The molecule has 4 heterocycles. The highest BCUT2D eigenvalue weighted by molar-refractivity contribution is 5.76. The fraction of sp³-hybridized carbons (Fsp3) is 0.333. The highest BCUT2D eigenvalue weighted by Gasteiger charge is 2.24. The van der Waals surface area contributed by atoms with Crippen LogP contribution in [-0.4, -0.2) is 50.3 Å². The fourth-order valence-corrected chi connectivity index (χ4v) is 3.50. The summed E-state index contributed by atoms with van der Waals surface area (Å²) in [6, 6.07) is 10.5. The van der Waals surface area contributed by atoms with Crippen molar-refractivity contribution in [3.05, 3.63) is 65.3 Å². The van der Waals surface area contributed by atoms with E-state index in [-0.39, 0.29) is 23.9 Å². The van der Waals surface area contributed by atoms with Gasteiger partial charge in [0.2, 0.25) is 5.91 Å². The molecule has 8 nitrogen and oxygen atoms in total. The van der Waals surface area contributed by atoms with Crippen molar-refractivity contribution in [3.63, 3.8) is 0 Å². The summed E-state index contributed by atoms with van der Waals surface area (Å²) in [7, 11) is 0. The molecule has 0 saturated carbocycles. The number of amides is 1. The molecule has 0 radical (unpaired) electrons. The molecule has 1 N–H and O–H groups in total. The number of nitrogens with one attached hydrogen (secondary N) is 1. The molecule has 1 fully saturated rings. The number of likely N-dealkylation sites (tertiary alicyclic amines) is 1. The van der Waals surface area contributed by atoms with Gasteiger partial charge in [0, 0.05) is 37.5 Å². The van der Waals surface area contributed by atoms with E-state index >= 15 is 0 Å². The van der Waals surface area contributed by atoms with Crippen LogP contribution in [0.25, 0.3) is 11.4 Å². The Labute approximate surface area is 168 Å². The van der Waals surface area contributed by atoms with E-state index in [2.05, 4.69) is 15.2 Å². The van der Waals surface area contributed by atoms with Crippen LogP contribution in [-0.2, 0) is 11.3 Å². The lowest BCUT2D eigenvalue weighted by Crippen LogP contribution is -2.43. The molecule has 3 aromatic heterocycles. The second-order valence-electron chi connectivity index (χ2n) is 7.18. The van der Waals surface area contributed by atoms with Crippen LogP contribution in [0.15, 0.2) is 59.8 Å². The highest BCUT2D eigenvalue weighted by atomic mass is 16.5. The number of hydrogen-bond acceptors (Lipinski definition) is 5. The van der Waals surface area contributed by atoms with Crippen LogP contribution >= 0.6 is 0 Å². The number of nitrogens with zero attached hydrogens (tertiary/aromatic N) is 4. The first-order valence-electron chi connectivity index (χ1n) is 9.71. The number of carbonyl (C=O) groups is 1. The third-order valence-corrected chi connectivity index (χ3v) is 5.08. The number of ether oxygens (including phenoxy) is 1. The molecular formula is C21H23N5O3. The summed E-state index contributed by atoms with van der Waals surface area (Å²) < 4.78 is 7.34. The first-order chi connectivity index (χ1) is 14.2. The summed E-state index contributed by atoms with van der Waals surface area (Å²) in [4.78, 5) is 30.6. The average Bonchev–Trinajstić information content (AvgIpc) is 3.29. The summed E-state index contributed by atoms with van der Waals surface area (Å²) in [6.45, 7) is 1.96. The number of aromatic amines is 1. The van der Waals surface area contributed by atoms with E-state index in [1.54, 1.807) is 30.7 Å². The van der Waals surface area contributed by atoms with Gasteiger partial charge in [-0.15, -0.1) is 0 Å².